The third kappa shape index (κ3) is 5.46. The molecule has 0 aliphatic rings. The summed E-state index contributed by atoms with van der Waals surface area (Å²) in [6, 6.07) is 0. The van der Waals surface area contributed by atoms with E-state index in [1.54, 1.807) is 0 Å². The van der Waals surface area contributed by atoms with Crippen LogP contribution >= 0.6 is 0 Å². The molecule has 0 amide bonds. The van der Waals surface area contributed by atoms with Gasteiger partial charge in [-0.2, -0.15) is 0 Å². The number of halogens is 9. The molecule has 0 spiro atoms. The van der Waals surface area contributed by atoms with Gasteiger partial charge in [-0.25, -0.2) is 0 Å². The molecule has 0 radical (unpaired) electrons. The molecule has 0 saturated heterocycles. The Morgan fingerprint density at radius 3 is 1.67 bits per heavy atom. The van der Waals surface area contributed by atoms with Gasteiger partial charge in [-0.3, -0.25) is 0 Å². The summed E-state index contributed by atoms with van der Waals surface area (Å²) in [5.41, 5.74) is 0. The summed E-state index contributed by atoms with van der Waals surface area (Å²) >= 11 is -6.23. The Morgan fingerprint density at radius 2 is 1.21 bits per heavy atom. The van der Waals surface area contributed by atoms with Gasteiger partial charge in [-0.1, -0.05) is 0 Å². The predicted molar refractivity (Wildman–Crippen MR) is 66.7 cm³/mol. The second-order valence-electron chi connectivity index (χ2n) is 5.12. The van der Waals surface area contributed by atoms with Crippen LogP contribution < -0.4 is 0 Å². The van der Waals surface area contributed by atoms with Crippen molar-refractivity contribution in [3.8, 4) is 0 Å². The topological polar surface area (TPSA) is 26.3 Å². The fourth-order valence-electron chi connectivity index (χ4n) is 1.64. The number of rotatable bonds is 11. The maximum absolute atomic E-state index is 13.2. The van der Waals surface area contributed by atoms with Crippen molar-refractivity contribution in [1.29, 1.82) is 0 Å². The van der Waals surface area contributed by atoms with Crippen molar-refractivity contribution >= 4 is 20.2 Å². The molecule has 24 heavy (non-hydrogen) atoms. The Morgan fingerprint density at radius 1 is 0.750 bits per heavy atom. The van der Waals surface area contributed by atoms with Crippen LogP contribution in [0.25, 0.3) is 0 Å². The molecule has 0 heterocycles. The quantitative estimate of drug-likeness (QED) is 0.227. The van der Waals surface area contributed by atoms with E-state index in [2.05, 4.69) is 3.07 Å². The molecule has 0 aromatic heterocycles. The summed E-state index contributed by atoms with van der Waals surface area (Å²) in [6.45, 7) is 1.28. The summed E-state index contributed by atoms with van der Waals surface area (Å²) < 4.78 is 122. The number of unbranched alkanes of at least 4 members (excludes halogenated alkanes) is 5. The molecule has 0 aromatic rings. The zero-order valence-electron chi connectivity index (χ0n) is 12.7. The Balaban J connectivity index is 4.72. The zero-order valence-corrected chi connectivity index (χ0v) is 15.5. The van der Waals surface area contributed by atoms with Crippen LogP contribution in [0, 0.1) is 0 Å². The molecular weight excluding hydrogens is 466 g/mol. The van der Waals surface area contributed by atoms with Gasteiger partial charge in [0.15, 0.2) is 0 Å². The third-order valence-corrected chi connectivity index (χ3v) is 6.82. The van der Waals surface area contributed by atoms with Crippen LogP contribution in [0.3, 0.4) is 0 Å². The van der Waals surface area contributed by atoms with Crippen molar-refractivity contribution in [2.75, 3.05) is 6.61 Å². The number of alkyl halides is 9. The zero-order chi connectivity index (χ0) is 19.2. The molecule has 0 rings (SSSR count). The summed E-state index contributed by atoms with van der Waals surface area (Å²) in [6.07, 6.45) is -3.06. The van der Waals surface area contributed by atoms with Gasteiger partial charge in [0.25, 0.3) is 0 Å². The maximum atomic E-state index is 13.2. The molecule has 0 fully saturated rings. The van der Waals surface area contributed by atoms with Crippen LogP contribution in [0.5, 0.6) is 0 Å². The fourth-order valence-corrected chi connectivity index (χ4v) is 4.28. The van der Waals surface area contributed by atoms with E-state index in [1.807, 2.05) is 6.92 Å². The molecule has 0 aromatic carbocycles. The fraction of sp³-hybridized carbons (Fsp3) is 1.00. The minimum atomic E-state index is -7.02. The van der Waals surface area contributed by atoms with Gasteiger partial charge in [-0.15, -0.1) is 0 Å². The summed E-state index contributed by atoms with van der Waals surface area (Å²) in [7, 11) is 0. The van der Waals surface area contributed by atoms with E-state index in [0.29, 0.717) is 12.8 Å². The summed E-state index contributed by atoms with van der Waals surface area (Å²) in [5, 5.41) is 0. The molecule has 144 valence electrons. The first-order valence-corrected chi connectivity index (χ1v) is 10.9. The molecule has 0 atom stereocenters. The third-order valence-electron chi connectivity index (χ3n) is 3.13. The van der Waals surface area contributed by atoms with Crippen molar-refractivity contribution in [2.24, 2.45) is 0 Å². The van der Waals surface area contributed by atoms with Crippen LogP contribution in [0.15, 0.2) is 0 Å². The standard InChI is InChI=1S/C8H17O.C4F9.O.Sn/c1-2-3-4-5-6-7-8-9;5-1(6)2(7,8)3(9,10)4(11,12)13;;/h2-8H2,1H3;;;/q-1;;;+1. The van der Waals surface area contributed by atoms with Gasteiger partial charge in [-0.05, 0) is 0 Å². The van der Waals surface area contributed by atoms with Crippen LogP contribution in [-0.2, 0) is 6.15 Å². The minimum absolute atomic E-state index is 0.0628. The monoisotopic (exact) mass is 484 g/mol. The van der Waals surface area contributed by atoms with Gasteiger partial charge in [0, 0.05) is 0 Å². The number of hydrogen-bond acceptors (Lipinski definition) is 2. The van der Waals surface area contributed by atoms with Gasteiger partial charge < -0.3 is 0 Å². The van der Waals surface area contributed by atoms with Crippen molar-refractivity contribution in [3.05, 3.63) is 0 Å². The Bertz CT molecular complexity index is 410. The molecular formula is C12H17F9O2Sn. The van der Waals surface area contributed by atoms with Crippen LogP contribution in [0.4, 0.5) is 39.5 Å². The van der Waals surface area contributed by atoms with E-state index in [4.69, 9.17) is 0 Å². The molecule has 0 saturated carbocycles. The first-order valence-electron chi connectivity index (χ1n) is 7.10. The summed E-state index contributed by atoms with van der Waals surface area (Å²) in [5.74, 6) is -13.9. The molecule has 0 unspecified atom stereocenters. The van der Waals surface area contributed by atoms with E-state index >= 15 is 0 Å². The van der Waals surface area contributed by atoms with Crippen molar-refractivity contribution in [1.82, 2.24) is 0 Å². The Labute approximate surface area is 140 Å². The molecule has 0 N–H and O–H groups in total. The van der Waals surface area contributed by atoms with Crippen molar-refractivity contribution in [2.45, 2.75) is 67.4 Å². The van der Waals surface area contributed by atoms with Crippen LogP contribution in [0.1, 0.15) is 45.4 Å². The first kappa shape index (κ1) is 23.9. The molecule has 0 aliphatic heterocycles. The average molecular weight is 483 g/mol. The average Bonchev–Trinajstić information content (AvgIpc) is 2.44. The van der Waals surface area contributed by atoms with Gasteiger partial charge in [0.05, 0.1) is 0 Å². The van der Waals surface area contributed by atoms with Gasteiger partial charge >= 0.3 is 140 Å². The van der Waals surface area contributed by atoms with Gasteiger partial charge in [0.2, 0.25) is 0 Å². The number of hydrogen-bond donors (Lipinski definition) is 0. The van der Waals surface area contributed by atoms with E-state index in [-0.39, 0.29) is 6.42 Å². The second kappa shape index (κ2) is 9.04. The first-order chi connectivity index (χ1) is 10.7. The molecule has 2 nitrogen and oxygen atoms in total. The van der Waals surface area contributed by atoms with Crippen LogP contribution in [0.2, 0.25) is 0 Å². The van der Waals surface area contributed by atoms with E-state index in [0.717, 1.165) is 19.3 Å². The van der Waals surface area contributed by atoms with Crippen LogP contribution in [-0.4, -0.2) is 48.7 Å². The van der Waals surface area contributed by atoms with Crippen molar-refractivity contribution in [3.63, 3.8) is 0 Å². The van der Waals surface area contributed by atoms with Crippen molar-refractivity contribution < 1.29 is 45.7 Å². The van der Waals surface area contributed by atoms with E-state index < -0.39 is 48.7 Å². The molecule has 12 heteroatoms. The summed E-state index contributed by atoms with van der Waals surface area (Å²) in [4.78, 5) is 0. The Hall–Kier alpha value is -0.0713. The van der Waals surface area contributed by atoms with Gasteiger partial charge in [0.1, 0.15) is 0 Å². The molecule has 0 aliphatic carbocycles. The predicted octanol–water partition coefficient (Wildman–Crippen LogP) is 5.29. The van der Waals surface area contributed by atoms with E-state index in [1.165, 1.54) is 0 Å². The normalized spacial score (nSPS) is 14.1. The Kier molecular flexibility index (Phi) is 9.01. The molecule has 0 bridgehead atoms. The SMILES string of the molecule is CCCCCCCC[O][Sn](=[O])[C](F)(F)C(F)(F)C(F)(F)C(F)(F)F. The van der Waals surface area contributed by atoms with E-state index in [9.17, 15) is 42.6 Å². The second-order valence-corrected chi connectivity index (χ2v) is 9.38.